The van der Waals surface area contributed by atoms with E-state index in [4.69, 9.17) is 0 Å². The molecule has 0 radical (unpaired) electrons. The minimum Gasteiger partial charge on any atom is -0.507 e. The summed E-state index contributed by atoms with van der Waals surface area (Å²) < 4.78 is 0. The van der Waals surface area contributed by atoms with Gasteiger partial charge in [0.25, 0.3) is 5.91 Å². The fourth-order valence-electron chi connectivity index (χ4n) is 2.42. The average Bonchev–Trinajstić information content (AvgIpc) is 2.62. The number of rotatable bonds is 5. The molecule has 25 heavy (non-hydrogen) atoms. The highest BCUT2D eigenvalue weighted by atomic mass is 16.3. The van der Waals surface area contributed by atoms with Crippen molar-refractivity contribution in [2.75, 3.05) is 17.3 Å². The SMILES string of the molecule is CCC(=O)Nc1ccc(O)c(C(=O)N(C)c2ccc(C(C)C)cc2)c1. The zero-order valence-electron chi connectivity index (χ0n) is 15.0. The van der Waals surface area contributed by atoms with Gasteiger partial charge >= 0.3 is 0 Å². The highest BCUT2D eigenvalue weighted by Crippen LogP contribution is 2.26. The van der Waals surface area contributed by atoms with E-state index < -0.39 is 0 Å². The van der Waals surface area contributed by atoms with Crippen molar-refractivity contribution in [3.63, 3.8) is 0 Å². The van der Waals surface area contributed by atoms with Gasteiger partial charge in [-0.25, -0.2) is 0 Å². The van der Waals surface area contributed by atoms with Gasteiger partial charge in [0.2, 0.25) is 5.91 Å². The lowest BCUT2D eigenvalue weighted by Gasteiger charge is -2.19. The van der Waals surface area contributed by atoms with E-state index in [2.05, 4.69) is 19.2 Å². The first-order valence-corrected chi connectivity index (χ1v) is 8.34. The van der Waals surface area contributed by atoms with Crippen LogP contribution in [0.1, 0.15) is 49.0 Å². The van der Waals surface area contributed by atoms with Crippen molar-refractivity contribution in [1.82, 2.24) is 0 Å². The van der Waals surface area contributed by atoms with E-state index in [1.807, 2.05) is 24.3 Å². The van der Waals surface area contributed by atoms with Gasteiger partial charge in [0.05, 0.1) is 5.56 Å². The predicted molar refractivity (Wildman–Crippen MR) is 100 cm³/mol. The number of anilines is 2. The predicted octanol–water partition coefficient (Wildman–Crippen LogP) is 4.14. The van der Waals surface area contributed by atoms with Crippen LogP contribution >= 0.6 is 0 Å². The van der Waals surface area contributed by atoms with Crippen LogP contribution in [0, 0.1) is 0 Å². The second-order valence-electron chi connectivity index (χ2n) is 6.24. The van der Waals surface area contributed by atoms with Gasteiger partial charge in [0, 0.05) is 24.8 Å². The molecule has 0 saturated heterocycles. The lowest BCUT2D eigenvalue weighted by atomic mass is 10.0. The van der Waals surface area contributed by atoms with Crippen molar-refractivity contribution in [1.29, 1.82) is 0 Å². The molecule has 2 aromatic rings. The normalized spacial score (nSPS) is 10.6. The van der Waals surface area contributed by atoms with Gasteiger partial charge in [-0.1, -0.05) is 32.9 Å². The molecule has 2 aromatic carbocycles. The summed E-state index contributed by atoms with van der Waals surface area (Å²) in [6.45, 7) is 5.96. The topological polar surface area (TPSA) is 69.6 Å². The molecule has 0 aliphatic heterocycles. The van der Waals surface area contributed by atoms with Crippen molar-refractivity contribution < 1.29 is 14.7 Å². The summed E-state index contributed by atoms with van der Waals surface area (Å²) in [6, 6.07) is 12.2. The monoisotopic (exact) mass is 340 g/mol. The Morgan fingerprint density at radius 3 is 2.32 bits per heavy atom. The first-order valence-electron chi connectivity index (χ1n) is 8.34. The highest BCUT2D eigenvalue weighted by molar-refractivity contribution is 6.08. The number of carbonyl (C=O) groups is 2. The Morgan fingerprint density at radius 2 is 1.76 bits per heavy atom. The Morgan fingerprint density at radius 1 is 1.12 bits per heavy atom. The molecule has 0 unspecified atom stereocenters. The van der Waals surface area contributed by atoms with E-state index in [0.717, 1.165) is 5.69 Å². The molecule has 5 nitrogen and oxygen atoms in total. The van der Waals surface area contributed by atoms with Crippen LogP contribution in [0.4, 0.5) is 11.4 Å². The lowest BCUT2D eigenvalue weighted by molar-refractivity contribution is -0.115. The van der Waals surface area contributed by atoms with Gasteiger partial charge in [0.1, 0.15) is 5.75 Å². The molecule has 0 aliphatic carbocycles. The second kappa shape index (κ2) is 7.83. The van der Waals surface area contributed by atoms with Gasteiger partial charge in [0.15, 0.2) is 0 Å². The van der Waals surface area contributed by atoms with E-state index in [-0.39, 0.29) is 23.1 Å². The molecule has 0 spiro atoms. The molecule has 0 aromatic heterocycles. The smallest absolute Gasteiger partial charge is 0.261 e. The van der Waals surface area contributed by atoms with Crippen LogP contribution in [0.25, 0.3) is 0 Å². The molecule has 0 atom stereocenters. The third-order valence-electron chi connectivity index (χ3n) is 4.08. The van der Waals surface area contributed by atoms with Crippen molar-refractivity contribution in [2.24, 2.45) is 0 Å². The first kappa shape index (κ1) is 18.5. The third kappa shape index (κ3) is 4.38. The molecule has 0 bridgehead atoms. The van der Waals surface area contributed by atoms with Gasteiger partial charge in [-0.3, -0.25) is 9.59 Å². The Labute approximate surface area is 148 Å². The van der Waals surface area contributed by atoms with Crippen LogP contribution in [0.5, 0.6) is 5.75 Å². The number of nitrogens with one attached hydrogen (secondary N) is 1. The molecule has 0 aliphatic rings. The molecule has 5 heteroatoms. The number of phenols is 1. The number of nitrogens with zero attached hydrogens (tertiary/aromatic N) is 1. The number of carbonyl (C=O) groups excluding carboxylic acids is 2. The number of benzene rings is 2. The number of phenolic OH excluding ortho intramolecular Hbond substituents is 1. The standard InChI is InChI=1S/C20H24N2O3/c1-5-19(24)21-15-8-11-18(23)17(12-15)20(25)22(4)16-9-6-14(7-10-16)13(2)3/h6-13,23H,5H2,1-4H3,(H,21,24). The number of aromatic hydroxyl groups is 1. The molecule has 2 amide bonds. The van der Waals surface area contributed by atoms with Crippen LogP contribution < -0.4 is 10.2 Å². The summed E-state index contributed by atoms with van der Waals surface area (Å²) in [5.41, 5.74) is 2.55. The molecule has 132 valence electrons. The zero-order valence-corrected chi connectivity index (χ0v) is 15.0. The number of hydrogen-bond acceptors (Lipinski definition) is 3. The van der Waals surface area contributed by atoms with Gasteiger partial charge in [-0.2, -0.15) is 0 Å². The van der Waals surface area contributed by atoms with Crippen LogP contribution in [-0.4, -0.2) is 24.0 Å². The molecule has 0 heterocycles. The Kier molecular flexibility index (Phi) is 5.80. The minimum atomic E-state index is -0.345. The summed E-state index contributed by atoms with van der Waals surface area (Å²) >= 11 is 0. The summed E-state index contributed by atoms with van der Waals surface area (Å²) in [4.78, 5) is 25.7. The molecule has 2 rings (SSSR count). The van der Waals surface area contributed by atoms with Crippen LogP contribution in [0.2, 0.25) is 0 Å². The van der Waals surface area contributed by atoms with Crippen LogP contribution in [-0.2, 0) is 4.79 Å². The summed E-state index contributed by atoms with van der Waals surface area (Å²) in [5, 5.41) is 12.7. The third-order valence-corrected chi connectivity index (χ3v) is 4.08. The molecular weight excluding hydrogens is 316 g/mol. The van der Waals surface area contributed by atoms with Crippen molar-refractivity contribution in [3.05, 3.63) is 53.6 Å². The lowest BCUT2D eigenvalue weighted by Crippen LogP contribution is -2.26. The zero-order chi connectivity index (χ0) is 18.6. The quantitative estimate of drug-likeness (QED) is 0.804. The first-order chi connectivity index (χ1) is 11.8. The fraction of sp³-hybridized carbons (Fsp3) is 0.300. The van der Waals surface area contributed by atoms with E-state index in [1.165, 1.54) is 22.6 Å². The number of hydrogen-bond donors (Lipinski definition) is 2. The van der Waals surface area contributed by atoms with Crippen molar-refractivity contribution >= 4 is 23.2 Å². The number of amides is 2. The Hall–Kier alpha value is -2.82. The molecular formula is C20H24N2O3. The average molecular weight is 340 g/mol. The van der Waals surface area contributed by atoms with E-state index in [1.54, 1.807) is 20.0 Å². The van der Waals surface area contributed by atoms with E-state index >= 15 is 0 Å². The van der Waals surface area contributed by atoms with E-state index in [9.17, 15) is 14.7 Å². The summed E-state index contributed by atoms with van der Waals surface area (Å²) in [5.74, 6) is -0.202. The van der Waals surface area contributed by atoms with Crippen LogP contribution in [0.3, 0.4) is 0 Å². The highest BCUT2D eigenvalue weighted by Gasteiger charge is 2.18. The van der Waals surface area contributed by atoms with Crippen LogP contribution in [0.15, 0.2) is 42.5 Å². The maximum Gasteiger partial charge on any atom is 0.261 e. The summed E-state index contributed by atoms with van der Waals surface area (Å²) in [6.07, 6.45) is 0.340. The minimum absolute atomic E-state index is 0.120. The largest absolute Gasteiger partial charge is 0.507 e. The maximum absolute atomic E-state index is 12.7. The summed E-state index contributed by atoms with van der Waals surface area (Å²) in [7, 11) is 1.66. The molecule has 0 saturated carbocycles. The van der Waals surface area contributed by atoms with Gasteiger partial charge < -0.3 is 15.3 Å². The fourth-order valence-corrected chi connectivity index (χ4v) is 2.42. The molecule has 2 N–H and O–H groups in total. The van der Waals surface area contributed by atoms with Crippen molar-refractivity contribution in [3.8, 4) is 5.75 Å². The Bertz CT molecular complexity index is 767. The van der Waals surface area contributed by atoms with Crippen molar-refractivity contribution in [2.45, 2.75) is 33.1 Å². The van der Waals surface area contributed by atoms with Gasteiger partial charge in [-0.15, -0.1) is 0 Å². The molecule has 0 fully saturated rings. The Balaban J connectivity index is 2.26. The maximum atomic E-state index is 12.7. The van der Waals surface area contributed by atoms with E-state index in [0.29, 0.717) is 18.0 Å². The van der Waals surface area contributed by atoms with Gasteiger partial charge in [-0.05, 0) is 41.8 Å². The second-order valence-corrected chi connectivity index (χ2v) is 6.24.